The van der Waals surface area contributed by atoms with Crippen molar-refractivity contribution in [2.24, 2.45) is 11.7 Å². The van der Waals surface area contributed by atoms with Crippen LogP contribution in [0.25, 0.3) is 0 Å². The Labute approximate surface area is 108 Å². The van der Waals surface area contributed by atoms with Gasteiger partial charge in [-0.15, -0.1) is 0 Å². The largest absolute Gasteiger partial charge is 0.496 e. The summed E-state index contributed by atoms with van der Waals surface area (Å²) in [5.41, 5.74) is 7.42. The van der Waals surface area contributed by atoms with Crippen LogP contribution in [0.4, 0.5) is 0 Å². The summed E-state index contributed by atoms with van der Waals surface area (Å²) < 4.78 is 5.37. The molecule has 0 spiro atoms. The molecule has 2 nitrogen and oxygen atoms in total. The van der Waals surface area contributed by atoms with Gasteiger partial charge in [-0.3, -0.25) is 0 Å². The topological polar surface area (TPSA) is 35.2 Å². The number of rotatable bonds is 3. The molecule has 0 radical (unpaired) electrons. The molecule has 0 saturated heterocycles. The summed E-state index contributed by atoms with van der Waals surface area (Å²) in [5, 5.41) is 0.729. The molecule has 1 aromatic rings. The van der Waals surface area contributed by atoms with Gasteiger partial charge in [0.1, 0.15) is 5.75 Å². The zero-order valence-electron chi connectivity index (χ0n) is 10.3. The molecule has 1 fully saturated rings. The van der Waals surface area contributed by atoms with E-state index in [0.29, 0.717) is 5.92 Å². The number of benzene rings is 1. The first-order valence-electron chi connectivity index (χ1n) is 6.31. The zero-order chi connectivity index (χ0) is 12.3. The van der Waals surface area contributed by atoms with Crippen molar-refractivity contribution in [2.75, 3.05) is 7.11 Å². The van der Waals surface area contributed by atoms with E-state index in [0.717, 1.165) is 16.3 Å². The molecular weight excluding hydrogens is 234 g/mol. The molecule has 1 saturated carbocycles. The van der Waals surface area contributed by atoms with Crippen LogP contribution in [0.5, 0.6) is 5.75 Å². The maximum absolute atomic E-state index is 6.38. The van der Waals surface area contributed by atoms with Crippen LogP contribution < -0.4 is 10.5 Å². The van der Waals surface area contributed by atoms with Crippen molar-refractivity contribution >= 4 is 11.6 Å². The van der Waals surface area contributed by atoms with E-state index in [1.165, 1.54) is 32.1 Å². The third kappa shape index (κ3) is 2.93. The van der Waals surface area contributed by atoms with Crippen LogP contribution in [0.2, 0.25) is 5.02 Å². The summed E-state index contributed by atoms with van der Waals surface area (Å²) >= 11 is 6.05. The summed E-state index contributed by atoms with van der Waals surface area (Å²) in [6.07, 6.45) is 6.37. The Morgan fingerprint density at radius 2 is 2.00 bits per heavy atom. The average Bonchev–Trinajstić information content (AvgIpc) is 2.39. The molecular formula is C14H20ClNO. The predicted molar refractivity (Wildman–Crippen MR) is 71.5 cm³/mol. The monoisotopic (exact) mass is 253 g/mol. The molecule has 94 valence electrons. The number of methoxy groups -OCH3 is 1. The van der Waals surface area contributed by atoms with Crippen LogP contribution in [0.3, 0.4) is 0 Å². The molecule has 3 heteroatoms. The Morgan fingerprint density at radius 3 is 2.65 bits per heavy atom. The van der Waals surface area contributed by atoms with Crippen molar-refractivity contribution in [2.45, 2.75) is 38.1 Å². The Kier molecular flexibility index (Phi) is 4.30. The second-order valence-corrected chi connectivity index (χ2v) is 5.25. The maximum atomic E-state index is 6.38. The standard InChI is InChI=1S/C14H20ClNO/c1-17-13-8-7-11(15)9-12(13)14(16)10-5-3-2-4-6-10/h7-10,14H,2-6,16H2,1H3/t14-/m0/s1. The highest BCUT2D eigenvalue weighted by Gasteiger charge is 2.24. The molecule has 1 aliphatic rings. The highest BCUT2D eigenvalue weighted by Crippen LogP contribution is 2.37. The summed E-state index contributed by atoms with van der Waals surface area (Å²) in [6, 6.07) is 5.74. The molecule has 1 aliphatic carbocycles. The highest BCUT2D eigenvalue weighted by molar-refractivity contribution is 6.30. The van der Waals surface area contributed by atoms with Gasteiger partial charge in [-0.1, -0.05) is 30.9 Å². The number of nitrogens with two attached hydrogens (primary N) is 1. The first kappa shape index (κ1) is 12.7. The highest BCUT2D eigenvalue weighted by atomic mass is 35.5. The lowest BCUT2D eigenvalue weighted by Crippen LogP contribution is -2.24. The van der Waals surface area contributed by atoms with Gasteiger partial charge in [0.25, 0.3) is 0 Å². The molecule has 0 bridgehead atoms. The van der Waals surface area contributed by atoms with Crippen molar-refractivity contribution in [3.63, 3.8) is 0 Å². The predicted octanol–water partition coefficient (Wildman–Crippen LogP) is 3.93. The van der Waals surface area contributed by atoms with Gasteiger partial charge in [0.2, 0.25) is 0 Å². The Bertz CT molecular complexity index is 374. The van der Waals surface area contributed by atoms with Crippen LogP contribution >= 0.6 is 11.6 Å². The van der Waals surface area contributed by atoms with Gasteiger partial charge in [-0.25, -0.2) is 0 Å². The summed E-state index contributed by atoms with van der Waals surface area (Å²) in [5.74, 6) is 1.42. The molecule has 2 rings (SSSR count). The van der Waals surface area contributed by atoms with Gasteiger partial charge < -0.3 is 10.5 Å². The van der Waals surface area contributed by atoms with Gasteiger partial charge in [-0.05, 0) is 37.0 Å². The number of halogens is 1. The lowest BCUT2D eigenvalue weighted by molar-refractivity contribution is 0.301. The SMILES string of the molecule is COc1ccc(Cl)cc1[C@@H](N)C1CCCCC1. The lowest BCUT2D eigenvalue weighted by Gasteiger charge is -2.28. The summed E-state index contributed by atoms with van der Waals surface area (Å²) in [4.78, 5) is 0. The van der Waals surface area contributed by atoms with Crippen molar-refractivity contribution in [1.82, 2.24) is 0 Å². The van der Waals surface area contributed by atoms with Crippen LogP contribution in [0.1, 0.15) is 43.7 Å². The second-order valence-electron chi connectivity index (χ2n) is 4.81. The van der Waals surface area contributed by atoms with Gasteiger partial charge in [-0.2, -0.15) is 0 Å². The molecule has 0 amide bonds. The van der Waals surface area contributed by atoms with Crippen molar-refractivity contribution in [3.05, 3.63) is 28.8 Å². The molecule has 0 aromatic heterocycles. The van der Waals surface area contributed by atoms with Gasteiger partial charge in [0.05, 0.1) is 7.11 Å². The lowest BCUT2D eigenvalue weighted by atomic mass is 9.81. The van der Waals surface area contributed by atoms with E-state index in [4.69, 9.17) is 22.1 Å². The van der Waals surface area contributed by atoms with Crippen LogP contribution in [-0.4, -0.2) is 7.11 Å². The quantitative estimate of drug-likeness (QED) is 0.886. The minimum atomic E-state index is 0.0453. The fraction of sp³-hybridized carbons (Fsp3) is 0.571. The number of hydrogen-bond donors (Lipinski definition) is 1. The minimum absolute atomic E-state index is 0.0453. The molecule has 17 heavy (non-hydrogen) atoms. The molecule has 1 atom stereocenters. The van der Waals surface area contributed by atoms with E-state index in [9.17, 15) is 0 Å². The van der Waals surface area contributed by atoms with Gasteiger partial charge in [0, 0.05) is 16.6 Å². The summed E-state index contributed by atoms with van der Waals surface area (Å²) in [7, 11) is 1.68. The van der Waals surface area contributed by atoms with Crippen molar-refractivity contribution in [3.8, 4) is 5.75 Å². The first-order chi connectivity index (χ1) is 8.22. The number of hydrogen-bond acceptors (Lipinski definition) is 2. The van der Waals surface area contributed by atoms with E-state index in [1.54, 1.807) is 7.11 Å². The van der Waals surface area contributed by atoms with Crippen LogP contribution in [0, 0.1) is 5.92 Å². The van der Waals surface area contributed by atoms with E-state index < -0.39 is 0 Å². The normalized spacial score (nSPS) is 19.0. The molecule has 1 aromatic carbocycles. The first-order valence-corrected chi connectivity index (χ1v) is 6.69. The summed E-state index contributed by atoms with van der Waals surface area (Å²) in [6.45, 7) is 0. The Balaban J connectivity index is 2.21. The fourth-order valence-corrected chi connectivity index (χ4v) is 2.89. The number of ether oxygens (including phenoxy) is 1. The smallest absolute Gasteiger partial charge is 0.123 e. The molecule has 0 unspecified atom stereocenters. The zero-order valence-corrected chi connectivity index (χ0v) is 11.0. The fourth-order valence-electron chi connectivity index (χ4n) is 2.71. The maximum Gasteiger partial charge on any atom is 0.123 e. The van der Waals surface area contributed by atoms with Crippen molar-refractivity contribution in [1.29, 1.82) is 0 Å². The van der Waals surface area contributed by atoms with E-state index >= 15 is 0 Å². The minimum Gasteiger partial charge on any atom is -0.496 e. The molecule has 2 N–H and O–H groups in total. The Morgan fingerprint density at radius 1 is 1.29 bits per heavy atom. The average molecular weight is 254 g/mol. The molecule has 0 aliphatic heterocycles. The van der Waals surface area contributed by atoms with E-state index in [2.05, 4.69) is 0 Å². The van der Waals surface area contributed by atoms with Gasteiger partial charge in [0.15, 0.2) is 0 Å². The van der Waals surface area contributed by atoms with Crippen LogP contribution in [0.15, 0.2) is 18.2 Å². The molecule has 0 heterocycles. The van der Waals surface area contributed by atoms with Crippen LogP contribution in [-0.2, 0) is 0 Å². The Hall–Kier alpha value is -0.730. The third-order valence-corrected chi connectivity index (χ3v) is 3.94. The second kappa shape index (κ2) is 5.74. The van der Waals surface area contributed by atoms with E-state index in [-0.39, 0.29) is 6.04 Å². The van der Waals surface area contributed by atoms with E-state index in [1.807, 2.05) is 18.2 Å². The third-order valence-electron chi connectivity index (χ3n) is 3.71. The van der Waals surface area contributed by atoms with Gasteiger partial charge >= 0.3 is 0 Å². The van der Waals surface area contributed by atoms with Crippen molar-refractivity contribution < 1.29 is 4.74 Å².